The lowest BCUT2D eigenvalue weighted by atomic mass is 9.80. The van der Waals surface area contributed by atoms with Gasteiger partial charge in [0.25, 0.3) is 0 Å². The second kappa shape index (κ2) is 4.47. The monoisotopic (exact) mass is 315 g/mol. The fourth-order valence-corrected chi connectivity index (χ4v) is 4.25. The molecule has 2 bridgehead atoms. The lowest BCUT2D eigenvalue weighted by Crippen LogP contribution is -2.65. The zero-order valence-corrected chi connectivity index (χ0v) is 13.0. The maximum absolute atomic E-state index is 13.9. The van der Waals surface area contributed by atoms with Gasteiger partial charge in [-0.25, -0.2) is 4.39 Å². The smallest absolute Gasteiger partial charge is 0.226 e. The molecule has 1 aromatic heterocycles. The van der Waals surface area contributed by atoms with Crippen molar-refractivity contribution in [3.63, 3.8) is 0 Å². The van der Waals surface area contributed by atoms with E-state index >= 15 is 0 Å². The molecule has 0 unspecified atom stereocenters. The molecule has 0 radical (unpaired) electrons. The second-order valence-electron chi connectivity index (χ2n) is 6.73. The fourth-order valence-electron chi connectivity index (χ4n) is 4.25. The molecule has 120 valence electrons. The predicted octanol–water partition coefficient (Wildman–Crippen LogP) is 2.62. The number of para-hydroxylation sites is 1. The Labute approximate surface area is 133 Å². The number of benzene rings is 1. The maximum atomic E-state index is 13.9. The molecule has 6 rings (SSSR count). The molecule has 4 aliphatic heterocycles. The highest BCUT2D eigenvalue weighted by Gasteiger charge is 2.56. The number of rotatable bonds is 1. The summed E-state index contributed by atoms with van der Waals surface area (Å²) in [7, 11) is 2.00. The van der Waals surface area contributed by atoms with E-state index in [0.717, 1.165) is 37.9 Å². The molecule has 1 atom stereocenters. The molecule has 1 aromatic carbocycles. The van der Waals surface area contributed by atoms with Gasteiger partial charge in [0, 0.05) is 18.4 Å². The van der Waals surface area contributed by atoms with Crippen LogP contribution in [0.5, 0.6) is 0 Å². The van der Waals surface area contributed by atoms with Gasteiger partial charge in [-0.15, -0.1) is 0 Å². The van der Waals surface area contributed by atoms with Crippen LogP contribution in [0.4, 0.5) is 4.39 Å². The summed E-state index contributed by atoms with van der Waals surface area (Å²) in [6.45, 7) is 3.12. The third-order valence-corrected chi connectivity index (χ3v) is 5.57. The van der Waals surface area contributed by atoms with E-state index in [9.17, 15) is 4.39 Å². The van der Waals surface area contributed by atoms with Crippen molar-refractivity contribution in [3.8, 4) is 0 Å². The van der Waals surface area contributed by atoms with Crippen LogP contribution in [0.25, 0.3) is 11.0 Å². The topological polar surface area (TPSA) is 41.2 Å². The van der Waals surface area contributed by atoms with Gasteiger partial charge in [-0.2, -0.15) is 0 Å². The van der Waals surface area contributed by atoms with E-state index in [0.29, 0.717) is 17.5 Å². The molecule has 6 heteroatoms. The van der Waals surface area contributed by atoms with E-state index in [2.05, 4.69) is 15.0 Å². The summed E-state index contributed by atoms with van der Waals surface area (Å²) in [5.41, 5.74) is -0.128. The summed E-state index contributed by atoms with van der Waals surface area (Å²) < 4.78 is 19.6. The Morgan fingerprint density at radius 3 is 2.83 bits per heavy atom. The number of fused-ring (bicyclic) bond motifs is 3. The fraction of sp³-hybridized carbons (Fsp3) is 0.471. The lowest BCUT2D eigenvalue weighted by molar-refractivity contribution is -0.190. The average molecular weight is 315 g/mol. The maximum Gasteiger partial charge on any atom is 0.226 e. The van der Waals surface area contributed by atoms with Gasteiger partial charge in [0.2, 0.25) is 11.6 Å². The van der Waals surface area contributed by atoms with Gasteiger partial charge in [-0.1, -0.05) is 17.3 Å². The number of oxime groups is 1. The summed E-state index contributed by atoms with van der Waals surface area (Å²) in [6, 6.07) is 6.76. The van der Waals surface area contributed by atoms with E-state index in [1.807, 2.05) is 19.2 Å². The van der Waals surface area contributed by atoms with Gasteiger partial charge in [-0.3, -0.25) is 4.90 Å². The summed E-state index contributed by atoms with van der Waals surface area (Å²) in [6.07, 6.45) is 2.25. The molecular formula is C17H18FN3O2. The Bertz CT molecular complexity index is 809. The van der Waals surface area contributed by atoms with Crippen molar-refractivity contribution in [2.24, 2.45) is 11.1 Å². The van der Waals surface area contributed by atoms with E-state index < -0.39 is 5.72 Å². The first kappa shape index (κ1) is 13.4. The van der Waals surface area contributed by atoms with Crippen LogP contribution >= 0.6 is 0 Å². The molecular weight excluding hydrogens is 297 g/mol. The Morgan fingerprint density at radius 1 is 1.30 bits per heavy atom. The van der Waals surface area contributed by atoms with Crippen molar-refractivity contribution < 1.29 is 13.6 Å². The van der Waals surface area contributed by atoms with Gasteiger partial charge in [-0.05, 0) is 38.1 Å². The van der Waals surface area contributed by atoms with Crippen LogP contribution in [0, 0.1) is 11.7 Å². The van der Waals surface area contributed by atoms with Crippen LogP contribution in [-0.2, 0) is 4.84 Å². The number of hydrogen-bond donors (Lipinski definition) is 0. The zero-order valence-electron chi connectivity index (χ0n) is 13.0. The number of piperidine rings is 3. The Kier molecular flexibility index (Phi) is 2.60. The minimum Gasteiger partial charge on any atom is -0.450 e. The molecule has 0 aliphatic carbocycles. The summed E-state index contributed by atoms with van der Waals surface area (Å²) >= 11 is 0. The van der Waals surface area contributed by atoms with Crippen LogP contribution < -0.4 is 0 Å². The van der Waals surface area contributed by atoms with Crippen molar-refractivity contribution >= 4 is 16.8 Å². The van der Waals surface area contributed by atoms with Gasteiger partial charge in [0.1, 0.15) is 0 Å². The minimum absolute atomic E-state index is 0.272. The van der Waals surface area contributed by atoms with Gasteiger partial charge >= 0.3 is 0 Å². The normalized spacial score (nSPS) is 32.6. The van der Waals surface area contributed by atoms with Gasteiger partial charge in [0.15, 0.2) is 17.2 Å². The molecule has 0 saturated carbocycles. The Morgan fingerprint density at radius 2 is 2.13 bits per heavy atom. The van der Waals surface area contributed by atoms with Crippen LogP contribution in [0.15, 0.2) is 33.8 Å². The first-order valence-electron chi connectivity index (χ1n) is 8.08. The van der Waals surface area contributed by atoms with E-state index in [-0.39, 0.29) is 11.4 Å². The first-order chi connectivity index (χ1) is 11.2. The van der Waals surface area contributed by atoms with E-state index in [4.69, 9.17) is 9.25 Å². The standard InChI is InChI=1S/C17H18FN3O2/c1-20-16(14-9-11-3-2-4-13(18)15(11)22-14)19-23-17(20)10-21-7-5-12(17)6-8-21/h2-4,9,12H,5-8,10H2,1H3/t17-/m0/s1. The van der Waals surface area contributed by atoms with E-state index in [1.54, 1.807) is 6.07 Å². The third kappa shape index (κ3) is 1.72. The van der Waals surface area contributed by atoms with E-state index in [1.165, 1.54) is 6.07 Å². The largest absolute Gasteiger partial charge is 0.450 e. The molecule has 0 amide bonds. The lowest BCUT2D eigenvalue weighted by Gasteiger charge is -2.52. The molecule has 3 saturated heterocycles. The highest BCUT2D eigenvalue weighted by atomic mass is 19.1. The molecule has 0 N–H and O–H groups in total. The molecule has 3 fully saturated rings. The van der Waals surface area contributed by atoms with Crippen molar-refractivity contribution in [1.82, 2.24) is 9.80 Å². The highest BCUT2D eigenvalue weighted by molar-refractivity contribution is 6.00. The van der Waals surface area contributed by atoms with Crippen molar-refractivity contribution in [3.05, 3.63) is 35.8 Å². The molecule has 4 aliphatic rings. The SMILES string of the molecule is CN1C(c2cc3cccc(F)c3o2)=NO[C@]12CN1CCC2CC1. The number of amidine groups is 1. The number of nitrogens with zero attached hydrogens (tertiary/aromatic N) is 3. The molecule has 5 nitrogen and oxygen atoms in total. The summed E-state index contributed by atoms with van der Waals surface area (Å²) in [4.78, 5) is 10.4. The minimum atomic E-state index is -0.399. The third-order valence-electron chi connectivity index (χ3n) is 5.57. The van der Waals surface area contributed by atoms with Gasteiger partial charge in [0.05, 0.1) is 6.54 Å². The second-order valence-corrected chi connectivity index (χ2v) is 6.73. The number of hydrogen-bond acceptors (Lipinski definition) is 5. The zero-order chi connectivity index (χ0) is 15.6. The number of likely N-dealkylation sites (N-methyl/N-ethyl adjacent to an activating group) is 1. The summed E-state index contributed by atoms with van der Waals surface area (Å²) in [5.74, 6) is 1.32. The Hall–Kier alpha value is -2.08. The average Bonchev–Trinajstić information content (AvgIpc) is 3.13. The highest BCUT2D eigenvalue weighted by Crippen LogP contribution is 2.43. The first-order valence-corrected chi connectivity index (χ1v) is 8.08. The van der Waals surface area contributed by atoms with Crippen molar-refractivity contribution in [2.75, 3.05) is 26.7 Å². The Balaban J connectivity index is 1.53. The molecule has 23 heavy (non-hydrogen) atoms. The molecule has 2 aromatic rings. The predicted molar refractivity (Wildman–Crippen MR) is 83.5 cm³/mol. The quantitative estimate of drug-likeness (QED) is 0.811. The van der Waals surface area contributed by atoms with Crippen molar-refractivity contribution in [2.45, 2.75) is 18.6 Å². The van der Waals surface area contributed by atoms with Crippen LogP contribution in [0.2, 0.25) is 0 Å². The summed E-state index contributed by atoms with van der Waals surface area (Å²) in [5, 5.41) is 5.05. The van der Waals surface area contributed by atoms with Crippen LogP contribution in [0.1, 0.15) is 18.6 Å². The van der Waals surface area contributed by atoms with Crippen molar-refractivity contribution in [1.29, 1.82) is 0 Å². The molecule has 1 spiro atoms. The van der Waals surface area contributed by atoms with Crippen LogP contribution in [-0.4, -0.2) is 48.0 Å². The number of halogens is 1. The van der Waals surface area contributed by atoms with Crippen LogP contribution in [0.3, 0.4) is 0 Å². The van der Waals surface area contributed by atoms with Gasteiger partial charge < -0.3 is 14.2 Å². The number of furan rings is 1. The molecule has 5 heterocycles.